The standard InChI is InChI=1S/C14H9BrN2O3/c15-9-3-1-2-8(6-9)12-5-4-10(20-12)7-11-13(18)16-17-14(11)19/h1-7H,(H,16,18)(H,17,19). The average Bonchev–Trinajstić information content (AvgIpc) is 3.01. The van der Waals surface area contributed by atoms with Crippen LogP contribution >= 0.6 is 15.9 Å². The van der Waals surface area contributed by atoms with E-state index in [0.717, 1.165) is 10.0 Å². The van der Waals surface area contributed by atoms with E-state index in [2.05, 4.69) is 26.8 Å². The van der Waals surface area contributed by atoms with Crippen molar-refractivity contribution in [2.75, 3.05) is 0 Å². The van der Waals surface area contributed by atoms with Crippen molar-refractivity contribution in [3.8, 4) is 11.3 Å². The number of benzene rings is 1. The van der Waals surface area contributed by atoms with Crippen molar-refractivity contribution in [1.82, 2.24) is 10.9 Å². The van der Waals surface area contributed by atoms with Crippen LogP contribution in [0.25, 0.3) is 17.4 Å². The lowest BCUT2D eigenvalue weighted by Crippen LogP contribution is -2.28. The van der Waals surface area contributed by atoms with Crippen molar-refractivity contribution >= 4 is 33.8 Å². The number of furan rings is 1. The van der Waals surface area contributed by atoms with Crippen molar-refractivity contribution in [2.45, 2.75) is 0 Å². The molecule has 1 fully saturated rings. The maximum absolute atomic E-state index is 11.4. The van der Waals surface area contributed by atoms with Crippen LogP contribution in [0.5, 0.6) is 0 Å². The van der Waals surface area contributed by atoms with Gasteiger partial charge in [-0.25, -0.2) is 0 Å². The third kappa shape index (κ3) is 2.37. The number of amides is 2. The fourth-order valence-corrected chi connectivity index (χ4v) is 2.25. The first kappa shape index (κ1) is 12.7. The van der Waals surface area contributed by atoms with Crippen LogP contribution in [0.15, 0.2) is 50.9 Å². The first-order valence-corrected chi connectivity index (χ1v) is 6.61. The third-order valence-electron chi connectivity index (χ3n) is 2.80. The summed E-state index contributed by atoms with van der Waals surface area (Å²) < 4.78 is 6.57. The number of hydrazine groups is 1. The Balaban J connectivity index is 1.93. The Morgan fingerprint density at radius 3 is 2.50 bits per heavy atom. The van der Waals surface area contributed by atoms with Crippen LogP contribution < -0.4 is 10.9 Å². The zero-order valence-corrected chi connectivity index (χ0v) is 11.7. The Labute approximate surface area is 122 Å². The van der Waals surface area contributed by atoms with Gasteiger partial charge in [-0.15, -0.1) is 0 Å². The minimum atomic E-state index is -0.463. The molecule has 20 heavy (non-hydrogen) atoms. The summed E-state index contributed by atoms with van der Waals surface area (Å²) in [6.07, 6.45) is 1.42. The molecule has 1 aliphatic rings. The van der Waals surface area contributed by atoms with Gasteiger partial charge < -0.3 is 4.42 Å². The number of halogens is 1. The largest absolute Gasteiger partial charge is 0.457 e. The van der Waals surface area contributed by atoms with Gasteiger partial charge in [0, 0.05) is 10.0 Å². The highest BCUT2D eigenvalue weighted by Gasteiger charge is 2.25. The van der Waals surface area contributed by atoms with Gasteiger partial charge in [-0.2, -0.15) is 0 Å². The lowest BCUT2D eigenvalue weighted by Gasteiger charge is -1.97. The van der Waals surface area contributed by atoms with Crippen LogP contribution in [0.4, 0.5) is 0 Å². The third-order valence-corrected chi connectivity index (χ3v) is 3.29. The molecule has 1 aromatic heterocycles. The molecular formula is C14H9BrN2O3. The quantitative estimate of drug-likeness (QED) is 0.654. The number of carbonyl (C=O) groups excluding carboxylic acids is 2. The van der Waals surface area contributed by atoms with Crippen LogP contribution in [-0.2, 0) is 9.59 Å². The Bertz CT molecular complexity index is 716. The number of hydrogen-bond donors (Lipinski definition) is 2. The Hall–Kier alpha value is -2.34. The van der Waals surface area contributed by atoms with Gasteiger partial charge in [-0.05, 0) is 30.3 Å². The van der Waals surface area contributed by atoms with Crippen molar-refractivity contribution in [2.24, 2.45) is 0 Å². The van der Waals surface area contributed by atoms with Gasteiger partial charge in [0.05, 0.1) is 0 Å². The molecule has 0 saturated carbocycles. The molecule has 100 valence electrons. The van der Waals surface area contributed by atoms with Gasteiger partial charge in [-0.1, -0.05) is 28.1 Å². The minimum Gasteiger partial charge on any atom is -0.457 e. The summed E-state index contributed by atoms with van der Waals surface area (Å²) in [6, 6.07) is 11.2. The topological polar surface area (TPSA) is 71.3 Å². The van der Waals surface area contributed by atoms with E-state index in [9.17, 15) is 9.59 Å². The van der Waals surface area contributed by atoms with Gasteiger partial charge in [0.25, 0.3) is 11.8 Å². The van der Waals surface area contributed by atoms with Gasteiger partial charge in [-0.3, -0.25) is 20.4 Å². The van der Waals surface area contributed by atoms with Gasteiger partial charge in [0.15, 0.2) is 0 Å². The smallest absolute Gasteiger partial charge is 0.275 e. The average molecular weight is 333 g/mol. The van der Waals surface area contributed by atoms with Crippen LogP contribution in [-0.4, -0.2) is 11.8 Å². The maximum atomic E-state index is 11.4. The molecule has 2 amide bonds. The number of rotatable bonds is 2. The molecule has 0 spiro atoms. The molecule has 5 nitrogen and oxygen atoms in total. The molecule has 2 N–H and O–H groups in total. The molecule has 0 aliphatic carbocycles. The fraction of sp³-hybridized carbons (Fsp3) is 0. The molecule has 6 heteroatoms. The molecule has 1 aliphatic heterocycles. The molecule has 0 radical (unpaired) electrons. The zero-order chi connectivity index (χ0) is 14.1. The van der Waals surface area contributed by atoms with Gasteiger partial charge in [0.2, 0.25) is 0 Å². The predicted octanol–water partition coefficient (Wildman–Crippen LogP) is 2.25. The highest BCUT2D eigenvalue weighted by Crippen LogP contribution is 2.26. The van der Waals surface area contributed by atoms with Crippen LogP contribution in [0.3, 0.4) is 0 Å². The summed E-state index contributed by atoms with van der Waals surface area (Å²) in [5, 5.41) is 0. The molecule has 0 bridgehead atoms. The van der Waals surface area contributed by atoms with E-state index < -0.39 is 11.8 Å². The summed E-state index contributed by atoms with van der Waals surface area (Å²) in [6.45, 7) is 0. The van der Waals surface area contributed by atoms with Crippen molar-refractivity contribution in [3.63, 3.8) is 0 Å². The summed E-state index contributed by atoms with van der Waals surface area (Å²) >= 11 is 3.39. The summed E-state index contributed by atoms with van der Waals surface area (Å²) in [7, 11) is 0. The fourth-order valence-electron chi connectivity index (χ4n) is 1.85. The van der Waals surface area contributed by atoms with E-state index in [4.69, 9.17) is 4.42 Å². The van der Waals surface area contributed by atoms with Crippen molar-refractivity contribution in [3.05, 3.63) is 52.2 Å². The molecule has 1 saturated heterocycles. The van der Waals surface area contributed by atoms with Crippen LogP contribution in [0.2, 0.25) is 0 Å². The van der Waals surface area contributed by atoms with E-state index >= 15 is 0 Å². The Morgan fingerprint density at radius 2 is 1.80 bits per heavy atom. The van der Waals surface area contributed by atoms with Gasteiger partial charge >= 0.3 is 0 Å². The second-order valence-electron chi connectivity index (χ2n) is 4.18. The monoisotopic (exact) mass is 332 g/mol. The summed E-state index contributed by atoms with van der Waals surface area (Å²) in [5.74, 6) is 0.185. The van der Waals surface area contributed by atoms with Crippen LogP contribution in [0, 0.1) is 0 Å². The zero-order valence-electron chi connectivity index (χ0n) is 10.1. The molecule has 0 atom stereocenters. The first-order valence-electron chi connectivity index (χ1n) is 5.81. The van der Waals surface area contributed by atoms with Crippen molar-refractivity contribution in [1.29, 1.82) is 0 Å². The molecule has 1 aromatic carbocycles. The van der Waals surface area contributed by atoms with E-state index in [1.165, 1.54) is 6.08 Å². The Kier molecular flexibility index (Phi) is 3.15. The lowest BCUT2D eigenvalue weighted by atomic mass is 10.2. The summed E-state index contributed by atoms with van der Waals surface area (Å²) in [4.78, 5) is 22.8. The van der Waals surface area contributed by atoms with E-state index in [-0.39, 0.29) is 5.57 Å². The maximum Gasteiger partial charge on any atom is 0.275 e. The molecule has 0 unspecified atom stereocenters. The SMILES string of the molecule is O=C1NNC(=O)C1=Cc1ccc(-c2cccc(Br)c2)o1. The van der Waals surface area contributed by atoms with E-state index in [1.54, 1.807) is 12.1 Å². The molecule has 3 rings (SSSR count). The second-order valence-corrected chi connectivity index (χ2v) is 5.09. The van der Waals surface area contributed by atoms with E-state index in [0.29, 0.717) is 11.5 Å². The number of nitrogens with one attached hydrogen (secondary N) is 2. The van der Waals surface area contributed by atoms with Crippen LogP contribution in [0.1, 0.15) is 5.76 Å². The Morgan fingerprint density at radius 1 is 1.05 bits per heavy atom. The second kappa shape index (κ2) is 4.97. The molecular weight excluding hydrogens is 324 g/mol. The van der Waals surface area contributed by atoms with E-state index in [1.807, 2.05) is 24.3 Å². The molecule has 2 heterocycles. The highest BCUT2D eigenvalue weighted by atomic mass is 79.9. The lowest BCUT2D eigenvalue weighted by molar-refractivity contribution is -0.117. The summed E-state index contributed by atoms with van der Waals surface area (Å²) in [5.41, 5.74) is 5.40. The van der Waals surface area contributed by atoms with Crippen molar-refractivity contribution < 1.29 is 14.0 Å². The number of carbonyl (C=O) groups is 2. The predicted molar refractivity (Wildman–Crippen MR) is 76.1 cm³/mol. The first-order chi connectivity index (χ1) is 9.63. The normalized spacial score (nSPS) is 14.2. The number of hydrogen-bond acceptors (Lipinski definition) is 3. The minimum absolute atomic E-state index is 0.0279. The highest BCUT2D eigenvalue weighted by molar-refractivity contribution is 9.10. The molecule has 2 aromatic rings. The van der Waals surface area contributed by atoms with Gasteiger partial charge in [0.1, 0.15) is 17.1 Å².